The highest BCUT2D eigenvalue weighted by molar-refractivity contribution is 6.42. The van der Waals surface area contributed by atoms with Gasteiger partial charge in [-0.1, -0.05) is 35.3 Å². The standard InChI is InChI=1S/C15H21Cl2N/c1-15(2,3)18(12-7-8-12)10-9-11-5-4-6-13(16)14(11)17/h4-6,12H,7-10H2,1-3H3. The molecule has 0 amide bonds. The lowest BCUT2D eigenvalue weighted by atomic mass is 10.0. The van der Waals surface area contributed by atoms with Gasteiger partial charge in [-0.2, -0.15) is 0 Å². The molecule has 1 saturated carbocycles. The van der Waals surface area contributed by atoms with Crippen molar-refractivity contribution in [2.24, 2.45) is 0 Å². The summed E-state index contributed by atoms with van der Waals surface area (Å²) in [6.07, 6.45) is 3.63. The summed E-state index contributed by atoms with van der Waals surface area (Å²) in [6, 6.07) is 6.66. The maximum atomic E-state index is 6.24. The fraction of sp³-hybridized carbons (Fsp3) is 0.600. The molecule has 1 fully saturated rings. The Hall–Kier alpha value is -0.240. The van der Waals surface area contributed by atoms with Crippen molar-refractivity contribution in [1.82, 2.24) is 4.90 Å². The molecule has 0 spiro atoms. The second-order valence-corrected chi connectivity index (χ2v) is 6.84. The second-order valence-electron chi connectivity index (χ2n) is 6.06. The van der Waals surface area contributed by atoms with E-state index in [0.29, 0.717) is 10.0 Å². The van der Waals surface area contributed by atoms with Gasteiger partial charge in [-0.3, -0.25) is 4.90 Å². The summed E-state index contributed by atoms with van der Waals surface area (Å²) in [7, 11) is 0. The van der Waals surface area contributed by atoms with E-state index in [2.05, 4.69) is 31.7 Å². The lowest BCUT2D eigenvalue weighted by Gasteiger charge is -2.36. The maximum Gasteiger partial charge on any atom is 0.0624 e. The second kappa shape index (κ2) is 5.40. The van der Waals surface area contributed by atoms with E-state index in [0.717, 1.165) is 24.6 Å². The predicted molar refractivity (Wildman–Crippen MR) is 79.6 cm³/mol. The molecule has 0 N–H and O–H groups in total. The van der Waals surface area contributed by atoms with Crippen LogP contribution in [0.25, 0.3) is 0 Å². The van der Waals surface area contributed by atoms with Gasteiger partial charge in [0.15, 0.2) is 0 Å². The van der Waals surface area contributed by atoms with Gasteiger partial charge in [0.2, 0.25) is 0 Å². The average molecular weight is 286 g/mol. The van der Waals surface area contributed by atoms with Crippen molar-refractivity contribution in [3.63, 3.8) is 0 Å². The molecule has 3 heteroatoms. The quantitative estimate of drug-likeness (QED) is 0.768. The van der Waals surface area contributed by atoms with Crippen LogP contribution in [-0.4, -0.2) is 23.0 Å². The molecule has 2 rings (SSSR count). The smallest absolute Gasteiger partial charge is 0.0624 e. The van der Waals surface area contributed by atoms with Crippen molar-refractivity contribution >= 4 is 23.2 Å². The summed E-state index contributed by atoms with van der Waals surface area (Å²) in [5, 5.41) is 1.37. The Morgan fingerprint density at radius 3 is 2.44 bits per heavy atom. The van der Waals surface area contributed by atoms with E-state index in [1.165, 1.54) is 12.8 Å². The molecule has 0 aliphatic heterocycles. The monoisotopic (exact) mass is 285 g/mol. The molecule has 1 aliphatic carbocycles. The first-order chi connectivity index (χ1) is 8.39. The van der Waals surface area contributed by atoms with Gasteiger partial charge in [0.05, 0.1) is 10.0 Å². The molecule has 100 valence electrons. The zero-order valence-electron chi connectivity index (χ0n) is 11.3. The molecule has 0 saturated heterocycles. The van der Waals surface area contributed by atoms with Crippen LogP contribution in [0.3, 0.4) is 0 Å². The first-order valence-corrected chi connectivity index (χ1v) is 7.35. The molecule has 0 atom stereocenters. The number of halogens is 2. The Balaban J connectivity index is 2.03. The highest BCUT2D eigenvalue weighted by atomic mass is 35.5. The van der Waals surface area contributed by atoms with Crippen LogP contribution in [0.2, 0.25) is 10.0 Å². The normalized spacial score (nSPS) is 16.3. The van der Waals surface area contributed by atoms with Crippen molar-refractivity contribution in [2.45, 2.75) is 51.6 Å². The van der Waals surface area contributed by atoms with Crippen LogP contribution in [0.4, 0.5) is 0 Å². The van der Waals surface area contributed by atoms with Crippen molar-refractivity contribution < 1.29 is 0 Å². The molecule has 0 heterocycles. The summed E-state index contributed by atoms with van der Waals surface area (Å²) in [5.74, 6) is 0. The average Bonchev–Trinajstić information content (AvgIpc) is 3.06. The Morgan fingerprint density at radius 2 is 1.89 bits per heavy atom. The first kappa shape index (κ1) is 14.2. The molecule has 0 aromatic heterocycles. The van der Waals surface area contributed by atoms with Crippen LogP contribution in [0, 0.1) is 0 Å². The van der Waals surface area contributed by atoms with Crippen molar-refractivity contribution in [2.75, 3.05) is 6.54 Å². The van der Waals surface area contributed by atoms with E-state index >= 15 is 0 Å². The van der Waals surface area contributed by atoms with Crippen molar-refractivity contribution in [3.05, 3.63) is 33.8 Å². The summed E-state index contributed by atoms with van der Waals surface area (Å²) < 4.78 is 0. The number of nitrogens with zero attached hydrogens (tertiary/aromatic N) is 1. The molecule has 1 aromatic carbocycles. The van der Waals surface area contributed by atoms with Gasteiger partial charge in [-0.05, 0) is 51.7 Å². The Morgan fingerprint density at radius 1 is 1.22 bits per heavy atom. The molecular weight excluding hydrogens is 265 g/mol. The van der Waals surface area contributed by atoms with Gasteiger partial charge in [0.25, 0.3) is 0 Å². The Labute approximate surface area is 120 Å². The van der Waals surface area contributed by atoms with Gasteiger partial charge in [-0.15, -0.1) is 0 Å². The summed E-state index contributed by atoms with van der Waals surface area (Å²) in [4.78, 5) is 2.59. The summed E-state index contributed by atoms with van der Waals surface area (Å²) in [6.45, 7) is 7.90. The number of hydrogen-bond donors (Lipinski definition) is 0. The van der Waals surface area contributed by atoms with E-state index in [4.69, 9.17) is 23.2 Å². The lowest BCUT2D eigenvalue weighted by Crippen LogP contribution is -2.44. The van der Waals surface area contributed by atoms with E-state index in [1.807, 2.05) is 12.1 Å². The van der Waals surface area contributed by atoms with Gasteiger partial charge >= 0.3 is 0 Å². The minimum Gasteiger partial charge on any atom is -0.295 e. The largest absolute Gasteiger partial charge is 0.295 e. The van der Waals surface area contributed by atoms with Crippen LogP contribution in [0.5, 0.6) is 0 Å². The summed E-state index contributed by atoms with van der Waals surface area (Å²) >= 11 is 12.3. The van der Waals surface area contributed by atoms with Crippen molar-refractivity contribution in [1.29, 1.82) is 0 Å². The minimum absolute atomic E-state index is 0.228. The number of rotatable bonds is 4. The molecule has 1 aromatic rings. The Kier molecular flexibility index (Phi) is 4.25. The van der Waals surface area contributed by atoms with Crippen LogP contribution in [0.15, 0.2) is 18.2 Å². The third kappa shape index (κ3) is 3.40. The zero-order valence-corrected chi connectivity index (χ0v) is 12.9. The van der Waals surface area contributed by atoms with Crippen LogP contribution in [0.1, 0.15) is 39.2 Å². The van der Waals surface area contributed by atoms with E-state index in [1.54, 1.807) is 0 Å². The van der Waals surface area contributed by atoms with Crippen LogP contribution >= 0.6 is 23.2 Å². The Bertz CT molecular complexity index is 419. The fourth-order valence-electron chi connectivity index (χ4n) is 2.43. The molecule has 0 radical (unpaired) electrons. The third-order valence-corrected chi connectivity index (χ3v) is 4.36. The highest BCUT2D eigenvalue weighted by Gasteiger charge is 2.35. The zero-order chi connectivity index (χ0) is 13.3. The predicted octanol–water partition coefficient (Wildman–Crippen LogP) is 4.80. The molecule has 1 nitrogen and oxygen atoms in total. The molecule has 0 bridgehead atoms. The molecule has 18 heavy (non-hydrogen) atoms. The maximum absolute atomic E-state index is 6.24. The lowest BCUT2D eigenvalue weighted by molar-refractivity contribution is 0.128. The van der Waals surface area contributed by atoms with Gasteiger partial charge in [0.1, 0.15) is 0 Å². The molecule has 1 aliphatic rings. The number of hydrogen-bond acceptors (Lipinski definition) is 1. The summed E-state index contributed by atoms with van der Waals surface area (Å²) in [5.41, 5.74) is 1.38. The highest BCUT2D eigenvalue weighted by Crippen LogP contribution is 2.33. The van der Waals surface area contributed by atoms with E-state index in [-0.39, 0.29) is 5.54 Å². The van der Waals surface area contributed by atoms with Crippen LogP contribution in [-0.2, 0) is 6.42 Å². The minimum atomic E-state index is 0.228. The molecular formula is C15H21Cl2N. The number of benzene rings is 1. The third-order valence-electron chi connectivity index (χ3n) is 3.50. The van der Waals surface area contributed by atoms with Gasteiger partial charge in [0, 0.05) is 18.1 Å². The van der Waals surface area contributed by atoms with Gasteiger partial charge < -0.3 is 0 Å². The SMILES string of the molecule is CC(C)(C)N(CCc1cccc(Cl)c1Cl)C1CC1. The first-order valence-electron chi connectivity index (χ1n) is 6.59. The van der Waals surface area contributed by atoms with Crippen LogP contribution < -0.4 is 0 Å². The molecule has 0 unspecified atom stereocenters. The fourth-order valence-corrected chi connectivity index (χ4v) is 2.85. The van der Waals surface area contributed by atoms with Gasteiger partial charge in [-0.25, -0.2) is 0 Å². The van der Waals surface area contributed by atoms with E-state index in [9.17, 15) is 0 Å². The van der Waals surface area contributed by atoms with E-state index < -0.39 is 0 Å². The topological polar surface area (TPSA) is 3.24 Å². The van der Waals surface area contributed by atoms with Crippen molar-refractivity contribution in [3.8, 4) is 0 Å².